The molecule has 0 N–H and O–H groups in total. The summed E-state index contributed by atoms with van der Waals surface area (Å²) in [4.78, 5) is 36.5. The number of thiazole rings is 1. The molecular formula is C26H21N3O2S2. The summed E-state index contributed by atoms with van der Waals surface area (Å²) in [5.41, 5.74) is 1.98. The molecule has 1 aromatic heterocycles. The van der Waals surface area contributed by atoms with E-state index in [1.165, 1.54) is 23.1 Å². The molecule has 0 unspecified atom stereocenters. The summed E-state index contributed by atoms with van der Waals surface area (Å²) in [5, 5.41) is 0. The summed E-state index contributed by atoms with van der Waals surface area (Å²) in [5.74, 6) is 0.159. The Labute approximate surface area is 200 Å². The molecule has 1 aliphatic rings. The summed E-state index contributed by atoms with van der Waals surface area (Å²) in [6.07, 6.45) is 0. The van der Waals surface area contributed by atoms with Gasteiger partial charge in [-0.1, -0.05) is 102 Å². The van der Waals surface area contributed by atoms with Gasteiger partial charge >= 0.3 is 0 Å². The van der Waals surface area contributed by atoms with Gasteiger partial charge in [-0.15, -0.1) is 0 Å². The first kappa shape index (κ1) is 21.4. The molecule has 4 aromatic rings. The maximum atomic E-state index is 13.6. The van der Waals surface area contributed by atoms with Crippen molar-refractivity contribution in [3.63, 3.8) is 0 Å². The van der Waals surface area contributed by atoms with Crippen LogP contribution in [0.1, 0.15) is 20.8 Å². The van der Waals surface area contributed by atoms with Gasteiger partial charge in [-0.25, -0.2) is 4.98 Å². The Balaban J connectivity index is 1.52. The topological polar surface area (TPSA) is 53.5 Å². The maximum Gasteiger partial charge on any atom is 0.268 e. The van der Waals surface area contributed by atoms with Crippen LogP contribution in [0.25, 0.3) is 0 Å². The molecule has 0 saturated carbocycles. The molecular weight excluding hydrogens is 450 g/mol. The molecule has 33 heavy (non-hydrogen) atoms. The van der Waals surface area contributed by atoms with Crippen LogP contribution < -0.4 is 4.90 Å². The van der Waals surface area contributed by atoms with E-state index in [0.717, 1.165) is 20.4 Å². The molecule has 1 aliphatic heterocycles. The molecule has 2 heterocycles. The highest BCUT2D eigenvalue weighted by Gasteiger charge is 2.35. The molecule has 0 spiro atoms. The Morgan fingerprint density at radius 1 is 0.788 bits per heavy atom. The van der Waals surface area contributed by atoms with Crippen molar-refractivity contribution in [1.29, 1.82) is 0 Å². The van der Waals surface area contributed by atoms with Crippen molar-refractivity contribution in [2.75, 3.05) is 11.4 Å². The van der Waals surface area contributed by atoms with E-state index >= 15 is 0 Å². The Hall–Kier alpha value is -3.42. The zero-order valence-corrected chi connectivity index (χ0v) is 19.4. The van der Waals surface area contributed by atoms with E-state index in [4.69, 9.17) is 4.98 Å². The largest absolute Gasteiger partial charge is 0.324 e. The fourth-order valence-electron chi connectivity index (χ4n) is 3.69. The van der Waals surface area contributed by atoms with Crippen LogP contribution in [0.4, 0.5) is 5.82 Å². The molecule has 0 fully saturated rings. The maximum absolute atomic E-state index is 13.6. The first-order valence-corrected chi connectivity index (χ1v) is 12.2. The first-order valence-electron chi connectivity index (χ1n) is 10.6. The van der Waals surface area contributed by atoms with Crippen molar-refractivity contribution < 1.29 is 9.59 Å². The number of amides is 2. The van der Waals surface area contributed by atoms with E-state index in [9.17, 15) is 9.59 Å². The molecule has 0 saturated heterocycles. The third-order valence-electron chi connectivity index (χ3n) is 5.30. The van der Waals surface area contributed by atoms with Crippen LogP contribution in [0.3, 0.4) is 0 Å². The van der Waals surface area contributed by atoms with E-state index in [1.54, 1.807) is 9.80 Å². The molecule has 0 bridgehead atoms. The normalized spacial score (nSPS) is 13.7. The van der Waals surface area contributed by atoms with Crippen molar-refractivity contribution >= 4 is 40.7 Å². The number of carbonyl (C=O) groups is 2. The van der Waals surface area contributed by atoms with Crippen LogP contribution in [-0.4, -0.2) is 28.2 Å². The molecule has 2 amide bonds. The Morgan fingerprint density at radius 2 is 1.36 bits per heavy atom. The van der Waals surface area contributed by atoms with Crippen LogP contribution in [0, 0.1) is 0 Å². The minimum absolute atomic E-state index is 0.0187. The van der Waals surface area contributed by atoms with Crippen molar-refractivity contribution in [3.8, 4) is 0 Å². The van der Waals surface area contributed by atoms with Gasteiger partial charge in [0.15, 0.2) is 10.2 Å². The van der Waals surface area contributed by atoms with Gasteiger partial charge in [0.1, 0.15) is 11.4 Å². The predicted octanol–water partition coefficient (Wildman–Crippen LogP) is 5.48. The Kier molecular flexibility index (Phi) is 6.24. The van der Waals surface area contributed by atoms with E-state index in [0.29, 0.717) is 23.8 Å². The molecule has 3 aromatic carbocycles. The van der Waals surface area contributed by atoms with E-state index in [2.05, 4.69) is 0 Å². The fourth-order valence-corrected chi connectivity index (χ4v) is 5.79. The molecule has 5 rings (SSSR count). The zero-order chi connectivity index (χ0) is 22.6. The average molecular weight is 472 g/mol. The highest BCUT2D eigenvalue weighted by atomic mass is 32.2. The lowest BCUT2D eigenvalue weighted by atomic mass is 10.2. The number of nitrogens with zero attached hydrogens (tertiary/aromatic N) is 3. The number of benzene rings is 3. The highest BCUT2D eigenvalue weighted by molar-refractivity contribution is 8.01. The number of rotatable bonds is 6. The summed E-state index contributed by atoms with van der Waals surface area (Å²) in [6, 6.07) is 29.5. The van der Waals surface area contributed by atoms with Crippen molar-refractivity contribution in [2.45, 2.75) is 22.3 Å². The van der Waals surface area contributed by atoms with Crippen LogP contribution in [0.2, 0.25) is 0 Å². The quantitative estimate of drug-likeness (QED) is 0.373. The van der Waals surface area contributed by atoms with E-state index in [1.807, 2.05) is 91.0 Å². The summed E-state index contributed by atoms with van der Waals surface area (Å²) in [7, 11) is 0. The smallest absolute Gasteiger partial charge is 0.268 e. The van der Waals surface area contributed by atoms with Gasteiger partial charge in [-0.05, 0) is 23.3 Å². The number of hydrogen-bond acceptors (Lipinski definition) is 5. The molecule has 0 aliphatic carbocycles. The van der Waals surface area contributed by atoms with Crippen LogP contribution >= 0.6 is 23.1 Å². The summed E-state index contributed by atoms with van der Waals surface area (Å²) >= 11 is 2.85. The van der Waals surface area contributed by atoms with Crippen LogP contribution in [-0.2, 0) is 17.9 Å². The second-order valence-electron chi connectivity index (χ2n) is 7.66. The minimum Gasteiger partial charge on any atom is -0.324 e. The lowest BCUT2D eigenvalue weighted by molar-refractivity contribution is -0.119. The van der Waals surface area contributed by atoms with Crippen molar-refractivity contribution in [2.24, 2.45) is 0 Å². The monoisotopic (exact) mass is 471 g/mol. The summed E-state index contributed by atoms with van der Waals surface area (Å²) < 4.78 is 0.743. The van der Waals surface area contributed by atoms with Crippen molar-refractivity contribution in [1.82, 2.24) is 9.88 Å². The van der Waals surface area contributed by atoms with Gasteiger partial charge in [0.05, 0.1) is 6.54 Å². The van der Waals surface area contributed by atoms with Crippen LogP contribution in [0.5, 0.6) is 0 Å². The second-order valence-corrected chi connectivity index (χ2v) is 9.98. The van der Waals surface area contributed by atoms with Crippen LogP contribution in [0.15, 0.2) is 100 Å². The SMILES string of the molecule is O=C1c2sc(Sc3ccccc3)nc2N(Cc2ccccc2)C(=O)CN1Cc1ccccc1. The summed E-state index contributed by atoms with van der Waals surface area (Å²) in [6.45, 7) is 0.770. The number of aromatic nitrogens is 1. The van der Waals surface area contributed by atoms with Gasteiger partial charge < -0.3 is 4.90 Å². The molecule has 164 valence electrons. The van der Waals surface area contributed by atoms with E-state index in [-0.39, 0.29) is 18.4 Å². The van der Waals surface area contributed by atoms with Gasteiger partial charge in [0.25, 0.3) is 5.91 Å². The minimum atomic E-state index is -0.157. The number of hydrogen-bond donors (Lipinski definition) is 0. The van der Waals surface area contributed by atoms with Gasteiger partial charge in [0.2, 0.25) is 5.91 Å². The van der Waals surface area contributed by atoms with Crippen molar-refractivity contribution in [3.05, 3.63) is 107 Å². The predicted molar refractivity (Wildman–Crippen MR) is 131 cm³/mol. The van der Waals surface area contributed by atoms with Gasteiger partial charge in [-0.2, -0.15) is 0 Å². The zero-order valence-electron chi connectivity index (χ0n) is 17.8. The Bertz CT molecular complexity index is 1260. The number of carbonyl (C=O) groups excluding carboxylic acids is 2. The van der Waals surface area contributed by atoms with Gasteiger partial charge in [0, 0.05) is 11.4 Å². The second kappa shape index (κ2) is 9.60. The molecule has 0 radical (unpaired) electrons. The average Bonchev–Trinajstić information content (AvgIpc) is 3.23. The molecule has 7 heteroatoms. The van der Waals surface area contributed by atoms with E-state index < -0.39 is 0 Å². The fraction of sp³-hybridized carbons (Fsp3) is 0.115. The van der Waals surface area contributed by atoms with Gasteiger partial charge in [-0.3, -0.25) is 14.5 Å². The lowest BCUT2D eigenvalue weighted by Crippen LogP contribution is -2.39. The molecule has 0 atom stereocenters. The lowest BCUT2D eigenvalue weighted by Gasteiger charge is -2.22. The third-order valence-corrected chi connectivity index (χ3v) is 7.40. The highest BCUT2D eigenvalue weighted by Crippen LogP contribution is 2.39. The number of fused-ring (bicyclic) bond motifs is 1. The first-order chi connectivity index (χ1) is 16.2. The third kappa shape index (κ3) is 4.84. The Morgan fingerprint density at radius 3 is 2.00 bits per heavy atom. The molecule has 5 nitrogen and oxygen atoms in total. The standard InChI is InChI=1S/C26H21N3O2S2/c30-22-18-28(16-19-10-4-1-5-11-19)25(31)23-24(29(22)17-20-12-6-2-7-13-20)27-26(33-23)32-21-14-8-3-9-15-21/h1-15H,16-18H2. The number of anilines is 1.